The Morgan fingerprint density at radius 1 is 1.11 bits per heavy atom. The Morgan fingerprint density at radius 3 is 2.46 bits per heavy atom. The average molecular weight is 382 g/mol. The second-order valence-electron chi connectivity index (χ2n) is 8.64. The van der Waals surface area contributed by atoms with Gasteiger partial charge in [0.15, 0.2) is 0 Å². The van der Waals surface area contributed by atoms with E-state index in [1.54, 1.807) is 12.1 Å². The van der Waals surface area contributed by atoms with Crippen molar-refractivity contribution in [3.63, 3.8) is 0 Å². The summed E-state index contributed by atoms with van der Waals surface area (Å²) in [5.41, 5.74) is 4.36. The third-order valence-corrected chi connectivity index (χ3v) is 7.05. The average Bonchev–Trinajstić information content (AvgIpc) is 3.05. The van der Waals surface area contributed by atoms with Crippen LogP contribution in [0.25, 0.3) is 0 Å². The van der Waals surface area contributed by atoms with Crippen LogP contribution in [0, 0.1) is 18.2 Å². The predicted molar refractivity (Wildman–Crippen MR) is 104 cm³/mol. The highest BCUT2D eigenvalue weighted by atomic mass is 19.1. The van der Waals surface area contributed by atoms with Gasteiger partial charge in [-0.1, -0.05) is 12.1 Å². The molecule has 6 heteroatoms. The normalized spacial score (nSPS) is 26.4. The van der Waals surface area contributed by atoms with Crippen LogP contribution in [0.1, 0.15) is 41.8 Å². The summed E-state index contributed by atoms with van der Waals surface area (Å²) in [6.45, 7) is 7.28. The summed E-state index contributed by atoms with van der Waals surface area (Å²) in [5.74, 6) is 0.127. The molecule has 1 aromatic heterocycles. The van der Waals surface area contributed by atoms with Gasteiger partial charge >= 0.3 is 0 Å². The number of halogens is 1. The summed E-state index contributed by atoms with van der Waals surface area (Å²) in [4.78, 5) is 18.0. The number of piperidine rings is 3. The molecule has 0 N–H and O–H groups in total. The van der Waals surface area contributed by atoms with Crippen LogP contribution < -0.4 is 0 Å². The highest BCUT2D eigenvalue weighted by Crippen LogP contribution is 2.42. The molecule has 3 fully saturated rings. The van der Waals surface area contributed by atoms with Gasteiger partial charge in [-0.3, -0.25) is 9.48 Å². The molecule has 0 radical (unpaired) electrons. The maximum absolute atomic E-state index is 13.5. The smallest absolute Gasteiger partial charge is 0.229 e. The first kappa shape index (κ1) is 17.9. The number of amides is 1. The van der Waals surface area contributed by atoms with Crippen LogP contribution in [-0.4, -0.2) is 51.7 Å². The third-order valence-electron chi connectivity index (χ3n) is 7.05. The Labute approximate surface area is 165 Å². The van der Waals surface area contributed by atoms with E-state index in [1.165, 1.54) is 17.7 Å². The molecule has 4 aliphatic rings. The van der Waals surface area contributed by atoms with Gasteiger partial charge in [-0.25, -0.2) is 4.39 Å². The number of hydrogen-bond acceptors (Lipinski definition) is 3. The van der Waals surface area contributed by atoms with E-state index in [1.807, 2.05) is 11.6 Å². The molecule has 1 aromatic carbocycles. The molecular formula is C22H27FN4O. The van der Waals surface area contributed by atoms with Gasteiger partial charge in [0.25, 0.3) is 0 Å². The van der Waals surface area contributed by atoms with Crippen LogP contribution in [0.3, 0.4) is 0 Å². The SMILES string of the molecule is Cc1nn(Cc2ccc(F)cc2)c2c1CCN(C(=O)C13CCN(CC1)CC3)C2. The van der Waals surface area contributed by atoms with Crippen molar-refractivity contribution in [3.05, 3.63) is 52.6 Å². The molecule has 3 saturated heterocycles. The Bertz CT molecular complexity index is 882. The maximum Gasteiger partial charge on any atom is 0.229 e. The van der Waals surface area contributed by atoms with E-state index in [2.05, 4.69) is 9.80 Å². The first-order valence-electron chi connectivity index (χ1n) is 10.4. The molecule has 5 nitrogen and oxygen atoms in total. The van der Waals surface area contributed by atoms with E-state index in [9.17, 15) is 9.18 Å². The first-order chi connectivity index (χ1) is 13.5. The van der Waals surface area contributed by atoms with Crippen molar-refractivity contribution in [1.82, 2.24) is 19.6 Å². The third kappa shape index (κ3) is 2.94. The van der Waals surface area contributed by atoms with Crippen LogP contribution in [0.15, 0.2) is 24.3 Å². The molecule has 0 unspecified atom stereocenters. The van der Waals surface area contributed by atoms with Gasteiger partial charge in [0.2, 0.25) is 5.91 Å². The minimum Gasteiger partial charge on any atom is -0.336 e. The number of aromatic nitrogens is 2. The lowest BCUT2D eigenvalue weighted by atomic mass is 9.71. The highest BCUT2D eigenvalue weighted by molar-refractivity contribution is 5.83. The molecule has 148 valence electrons. The molecule has 28 heavy (non-hydrogen) atoms. The molecule has 0 saturated carbocycles. The number of aryl methyl sites for hydroxylation is 1. The van der Waals surface area contributed by atoms with Gasteiger partial charge in [0.1, 0.15) is 5.82 Å². The van der Waals surface area contributed by atoms with E-state index in [4.69, 9.17) is 5.10 Å². The summed E-state index contributed by atoms with van der Waals surface area (Å²) >= 11 is 0. The molecule has 6 rings (SSSR count). The first-order valence-corrected chi connectivity index (χ1v) is 10.4. The summed E-state index contributed by atoms with van der Waals surface area (Å²) in [7, 11) is 0. The fourth-order valence-electron chi connectivity index (χ4n) is 5.23. The van der Waals surface area contributed by atoms with Crippen molar-refractivity contribution >= 4 is 5.91 Å². The van der Waals surface area contributed by atoms with Gasteiger partial charge in [-0.15, -0.1) is 0 Å². The van der Waals surface area contributed by atoms with Crippen molar-refractivity contribution in [1.29, 1.82) is 0 Å². The van der Waals surface area contributed by atoms with Crippen LogP contribution in [0.2, 0.25) is 0 Å². The number of carbonyl (C=O) groups excluding carboxylic acids is 1. The monoisotopic (exact) mass is 382 g/mol. The van der Waals surface area contributed by atoms with Gasteiger partial charge in [0, 0.05) is 6.54 Å². The van der Waals surface area contributed by atoms with Gasteiger partial charge in [-0.05, 0) is 75.5 Å². The summed E-state index contributed by atoms with van der Waals surface area (Å²) < 4.78 is 15.2. The lowest BCUT2D eigenvalue weighted by Gasteiger charge is -2.49. The molecule has 2 bridgehead atoms. The number of fused-ring (bicyclic) bond motifs is 4. The second kappa shape index (κ2) is 6.69. The number of rotatable bonds is 3. The van der Waals surface area contributed by atoms with E-state index in [0.717, 1.165) is 68.8 Å². The fourth-order valence-corrected chi connectivity index (χ4v) is 5.23. The standard InChI is InChI=1S/C22H27FN4O/c1-16-19-6-10-26(21(28)22-7-11-25(12-8-22)13-9-22)15-20(19)27(24-16)14-17-2-4-18(23)5-3-17/h2-5H,6-15H2,1H3. The Kier molecular flexibility index (Phi) is 4.27. The fraction of sp³-hybridized carbons (Fsp3) is 0.545. The lowest BCUT2D eigenvalue weighted by molar-refractivity contribution is -0.150. The second-order valence-corrected chi connectivity index (χ2v) is 8.64. The molecule has 5 heterocycles. The molecule has 0 atom stereocenters. The predicted octanol–water partition coefficient (Wildman–Crippen LogP) is 2.75. The van der Waals surface area contributed by atoms with Gasteiger partial charge in [0.05, 0.1) is 29.9 Å². The molecular weight excluding hydrogens is 355 g/mol. The van der Waals surface area contributed by atoms with E-state index in [0.29, 0.717) is 19.0 Å². The lowest BCUT2D eigenvalue weighted by Crippen LogP contribution is -2.56. The summed E-state index contributed by atoms with van der Waals surface area (Å²) in [6.07, 6.45) is 3.88. The van der Waals surface area contributed by atoms with Crippen LogP contribution in [0.5, 0.6) is 0 Å². The van der Waals surface area contributed by atoms with E-state index >= 15 is 0 Å². The number of carbonyl (C=O) groups is 1. The zero-order valence-electron chi connectivity index (χ0n) is 16.5. The van der Waals surface area contributed by atoms with Crippen LogP contribution in [-0.2, 0) is 24.3 Å². The maximum atomic E-state index is 13.5. The van der Waals surface area contributed by atoms with Crippen molar-refractivity contribution < 1.29 is 9.18 Å². The minimum absolute atomic E-state index is 0.136. The van der Waals surface area contributed by atoms with Crippen LogP contribution in [0.4, 0.5) is 4.39 Å². The molecule has 0 spiro atoms. The van der Waals surface area contributed by atoms with Crippen molar-refractivity contribution in [3.8, 4) is 0 Å². The number of hydrogen-bond donors (Lipinski definition) is 0. The van der Waals surface area contributed by atoms with Gasteiger partial charge in [-0.2, -0.15) is 5.10 Å². The van der Waals surface area contributed by atoms with E-state index < -0.39 is 0 Å². The number of benzene rings is 1. The largest absolute Gasteiger partial charge is 0.336 e. The number of nitrogens with zero attached hydrogens (tertiary/aromatic N) is 4. The zero-order valence-corrected chi connectivity index (χ0v) is 16.5. The van der Waals surface area contributed by atoms with E-state index in [-0.39, 0.29) is 11.2 Å². The van der Waals surface area contributed by atoms with Crippen molar-refractivity contribution in [2.24, 2.45) is 5.41 Å². The Morgan fingerprint density at radius 2 is 1.79 bits per heavy atom. The molecule has 4 aliphatic heterocycles. The quantitative estimate of drug-likeness (QED) is 0.820. The zero-order chi connectivity index (χ0) is 19.3. The summed E-state index contributed by atoms with van der Waals surface area (Å²) in [5, 5.41) is 4.74. The van der Waals surface area contributed by atoms with Crippen molar-refractivity contribution in [2.75, 3.05) is 26.2 Å². The summed E-state index contributed by atoms with van der Waals surface area (Å²) in [6, 6.07) is 6.59. The minimum atomic E-state index is -0.225. The molecule has 2 aromatic rings. The topological polar surface area (TPSA) is 41.4 Å². The van der Waals surface area contributed by atoms with Gasteiger partial charge < -0.3 is 9.80 Å². The molecule has 1 amide bonds. The Hall–Kier alpha value is -2.21. The molecule has 0 aliphatic carbocycles. The Balaban J connectivity index is 1.38. The van der Waals surface area contributed by atoms with Crippen molar-refractivity contribution in [2.45, 2.75) is 45.7 Å². The highest BCUT2D eigenvalue weighted by Gasteiger charge is 2.47. The van der Waals surface area contributed by atoms with Crippen LogP contribution >= 0.6 is 0 Å².